The van der Waals surface area contributed by atoms with Crippen molar-refractivity contribution in [3.8, 4) is 0 Å². The first-order chi connectivity index (χ1) is 9.83. The Kier molecular flexibility index (Phi) is 2.45. The van der Waals surface area contributed by atoms with Gasteiger partial charge in [0.2, 0.25) is 0 Å². The molecule has 1 aromatic carbocycles. The zero-order valence-electron chi connectivity index (χ0n) is 10.9. The molecule has 1 N–H and O–H groups in total. The van der Waals surface area contributed by atoms with Crippen molar-refractivity contribution in [3.63, 3.8) is 0 Å². The third-order valence-corrected chi connectivity index (χ3v) is 3.70. The van der Waals surface area contributed by atoms with Gasteiger partial charge in [0.05, 0.1) is 5.71 Å². The third-order valence-electron chi connectivity index (χ3n) is 3.70. The predicted molar refractivity (Wildman–Crippen MR) is 76.7 cm³/mol. The van der Waals surface area contributed by atoms with Crippen LogP contribution in [0.5, 0.6) is 0 Å². The number of hydrogen-bond donors (Lipinski definition) is 1. The highest BCUT2D eigenvalue weighted by atomic mass is 16.1. The molecule has 0 saturated heterocycles. The van der Waals surface area contributed by atoms with Gasteiger partial charge in [-0.05, 0) is 24.5 Å². The van der Waals surface area contributed by atoms with Gasteiger partial charge in [-0.2, -0.15) is 5.10 Å². The second-order valence-electron chi connectivity index (χ2n) is 5.17. The lowest BCUT2D eigenvalue weighted by atomic mass is 10.1. The molecule has 20 heavy (non-hydrogen) atoms. The Morgan fingerprint density at radius 3 is 2.75 bits per heavy atom. The minimum absolute atomic E-state index is 0.133. The summed E-state index contributed by atoms with van der Waals surface area (Å²) in [6.07, 6.45) is 4.92. The topological polar surface area (TPSA) is 63.0 Å². The van der Waals surface area contributed by atoms with Gasteiger partial charge in [-0.25, -0.2) is 14.9 Å². The molecular formula is C15H14N4O. The van der Waals surface area contributed by atoms with Crippen LogP contribution in [0.15, 0.2) is 46.2 Å². The fourth-order valence-electron chi connectivity index (χ4n) is 2.54. The minimum atomic E-state index is -0.133. The van der Waals surface area contributed by atoms with E-state index in [2.05, 4.69) is 15.2 Å². The first kappa shape index (κ1) is 11.4. The van der Waals surface area contributed by atoms with E-state index in [1.165, 1.54) is 0 Å². The molecule has 0 amide bonds. The number of aromatic amines is 1. The van der Waals surface area contributed by atoms with Crippen LogP contribution in [0.3, 0.4) is 0 Å². The van der Waals surface area contributed by atoms with Crippen LogP contribution in [0.25, 0.3) is 5.70 Å². The Labute approximate surface area is 115 Å². The molecule has 2 aliphatic rings. The molecule has 0 atom stereocenters. The van der Waals surface area contributed by atoms with E-state index in [1.807, 2.05) is 36.4 Å². The number of nitrogens with one attached hydrogen (secondary N) is 1. The van der Waals surface area contributed by atoms with Crippen molar-refractivity contribution < 1.29 is 0 Å². The van der Waals surface area contributed by atoms with Crippen molar-refractivity contribution >= 4 is 11.4 Å². The summed E-state index contributed by atoms with van der Waals surface area (Å²) in [7, 11) is 0. The van der Waals surface area contributed by atoms with Crippen LogP contribution in [-0.2, 0) is 0 Å². The molecule has 1 fully saturated rings. The van der Waals surface area contributed by atoms with Gasteiger partial charge in [0.25, 0.3) is 0 Å². The van der Waals surface area contributed by atoms with Crippen LogP contribution in [0.4, 0.5) is 0 Å². The Bertz CT molecular complexity index is 763. The quantitative estimate of drug-likeness (QED) is 0.925. The molecule has 4 rings (SSSR count). The summed E-state index contributed by atoms with van der Waals surface area (Å²) in [4.78, 5) is 16.4. The van der Waals surface area contributed by atoms with Crippen LogP contribution in [0.2, 0.25) is 0 Å². The van der Waals surface area contributed by atoms with E-state index in [4.69, 9.17) is 0 Å². The van der Waals surface area contributed by atoms with E-state index in [1.54, 1.807) is 4.57 Å². The van der Waals surface area contributed by atoms with Crippen molar-refractivity contribution in [1.29, 1.82) is 0 Å². The van der Waals surface area contributed by atoms with Crippen molar-refractivity contribution in [2.24, 2.45) is 4.99 Å². The summed E-state index contributed by atoms with van der Waals surface area (Å²) in [6.45, 7) is 0. The summed E-state index contributed by atoms with van der Waals surface area (Å²) < 4.78 is 1.74. The largest absolute Gasteiger partial charge is 0.343 e. The number of hydrogen-bond acceptors (Lipinski definition) is 3. The molecule has 5 nitrogen and oxygen atoms in total. The number of nitrogens with zero attached hydrogens (tertiary/aromatic N) is 3. The van der Waals surface area contributed by atoms with Crippen molar-refractivity contribution in [2.75, 3.05) is 0 Å². The van der Waals surface area contributed by atoms with Crippen LogP contribution in [0, 0.1) is 0 Å². The predicted octanol–water partition coefficient (Wildman–Crippen LogP) is 2.14. The Morgan fingerprint density at radius 2 is 2.00 bits per heavy atom. The average Bonchev–Trinajstić information content (AvgIpc) is 3.06. The zero-order chi connectivity index (χ0) is 13.5. The van der Waals surface area contributed by atoms with E-state index in [-0.39, 0.29) is 5.69 Å². The summed E-state index contributed by atoms with van der Waals surface area (Å²) in [5.74, 6) is 0.670. The maximum absolute atomic E-state index is 11.8. The molecule has 100 valence electrons. The number of H-pyrrole nitrogens is 1. The maximum Gasteiger partial charge on any atom is 0.343 e. The number of aromatic nitrogens is 3. The Hall–Kier alpha value is -2.43. The molecule has 1 aliphatic carbocycles. The van der Waals surface area contributed by atoms with Gasteiger partial charge >= 0.3 is 5.69 Å². The average molecular weight is 266 g/mol. The highest BCUT2D eigenvalue weighted by Crippen LogP contribution is 2.36. The first-order valence-electron chi connectivity index (χ1n) is 6.83. The van der Waals surface area contributed by atoms with Gasteiger partial charge in [0.1, 0.15) is 5.70 Å². The molecule has 1 aromatic heterocycles. The third kappa shape index (κ3) is 1.82. The van der Waals surface area contributed by atoms with Gasteiger partial charge in [-0.15, -0.1) is 0 Å². The molecule has 0 spiro atoms. The summed E-state index contributed by atoms with van der Waals surface area (Å²) in [5.41, 5.74) is 2.81. The molecule has 0 radical (unpaired) electrons. The number of allylic oxidation sites excluding steroid dienone is 1. The van der Waals surface area contributed by atoms with Crippen molar-refractivity contribution in [2.45, 2.75) is 25.3 Å². The molecule has 2 aromatic rings. The summed E-state index contributed by atoms with van der Waals surface area (Å²) >= 11 is 0. The molecule has 0 bridgehead atoms. The van der Waals surface area contributed by atoms with E-state index in [9.17, 15) is 4.79 Å². The van der Waals surface area contributed by atoms with Gasteiger partial charge in [0, 0.05) is 12.5 Å². The fraction of sp³-hybridized carbons (Fsp3) is 0.267. The Morgan fingerprint density at radius 1 is 1.20 bits per heavy atom. The van der Waals surface area contributed by atoms with E-state index in [0.29, 0.717) is 11.9 Å². The normalized spacial score (nSPS) is 18.0. The second-order valence-corrected chi connectivity index (χ2v) is 5.17. The number of benzene rings is 1. The van der Waals surface area contributed by atoms with E-state index < -0.39 is 0 Å². The van der Waals surface area contributed by atoms with Crippen LogP contribution < -0.4 is 5.69 Å². The molecule has 0 unspecified atom stereocenters. The molecule has 5 heteroatoms. The molecule has 2 heterocycles. The molecule has 1 saturated carbocycles. The van der Waals surface area contributed by atoms with E-state index in [0.717, 1.165) is 36.2 Å². The smallest absolute Gasteiger partial charge is 0.271 e. The fourth-order valence-corrected chi connectivity index (χ4v) is 2.54. The van der Waals surface area contributed by atoms with Crippen LogP contribution >= 0.6 is 0 Å². The molecule has 1 aliphatic heterocycles. The number of aliphatic imine (C=N–C) groups is 1. The van der Waals surface area contributed by atoms with E-state index >= 15 is 0 Å². The van der Waals surface area contributed by atoms with Gasteiger partial charge in [-0.1, -0.05) is 30.3 Å². The minimum Gasteiger partial charge on any atom is -0.271 e. The summed E-state index contributed by atoms with van der Waals surface area (Å²) in [5, 5.41) is 6.67. The lowest BCUT2D eigenvalue weighted by Crippen LogP contribution is -2.17. The molecular weight excluding hydrogens is 252 g/mol. The number of rotatable bonds is 3. The maximum atomic E-state index is 11.8. The van der Waals surface area contributed by atoms with Crippen LogP contribution in [-0.4, -0.2) is 20.5 Å². The lowest BCUT2D eigenvalue weighted by molar-refractivity contribution is 0.698. The Balaban J connectivity index is 1.71. The lowest BCUT2D eigenvalue weighted by Gasteiger charge is -2.02. The second kappa shape index (κ2) is 4.30. The summed E-state index contributed by atoms with van der Waals surface area (Å²) in [6, 6.07) is 10.4. The van der Waals surface area contributed by atoms with Crippen molar-refractivity contribution in [1.82, 2.24) is 14.8 Å². The van der Waals surface area contributed by atoms with Gasteiger partial charge in [-0.3, -0.25) is 4.57 Å². The zero-order valence-corrected chi connectivity index (χ0v) is 10.9. The van der Waals surface area contributed by atoms with Crippen LogP contribution in [0.1, 0.15) is 36.7 Å². The first-order valence-corrected chi connectivity index (χ1v) is 6.83. The van der Waals surface area contributed by atoms with Crippen molar-refractivity contribution in [3.05, 3.63) is 58.3 Å². The highest BCUT2D eigenvalue weighted by Gasteiger charge is 2.30. The standard InChI is InChI=1S/C15H14N4O/c20-15-18-17-14(19(15)11-6-7-11)13-9-8-12(16-13)10-4-2-1-3-5-10/h1-5,9,11H,6-8H2,(H,18,20). The SMILES string of the molecule is O=c1[nH]nc(C2=CCC(c3ccccc3)=N2)n1C1CC1. The van der Waals surface area contributed by atoms with Gasteiger partial charge < -0.3 is 0 Å². The monoisotopic (exact) mass is 266 g/mol. The highest BCUT2D eigenvalue weighted by molar-refractivity contribution is 6.07. The van der Waals surface area contributed by atoms with Gasteiger partial charge in [0.15, 0.2) is 5.82 Å².